The van der Waals surface area contributed by atoms with E-state index in [4.69, 9.17) is 11.6 Å². The molecule has 1 saturated heterocycles. The van der Waals surface area contributed by atoms with Crippen LogP contribution in [-0.4, -0.2) is 23.9 Å². The molecule has 1 aliphatic heterocycles. The third kappa shape index (κ3) is 3.24. The van der Waals surface area contributed by atoms with Gasteiger partial charge < -0.3 is 4.90 Å². The van der Waals surface area contributed by atoms with E-state index < -0.39 is 17.0 Å². The molecule has 1 amide bonds. The highest BCUT2D eigenvalue weighted by Gasteiger charge is 2.27. The van der Waals surface area contributed by atoms with Crippen LogP contribution in [0.3, 0.4) is 0 Å². The van der Waals surface area contributed by atoms with Gasteiger partial charge in [0, 0.05) is 18.7 Å². The molecule has 1 aliphatic rings. The molecule has 2 rings (SSSR count). The van der Waals surface area contributed by atoms with Crippen LogP contribution in [0.25, 0.3) is 0 Å². The van der Waals surface area contributed by atoms with E-state index in [-0.39, 0.29) is 11.5 Å². The summed E-state index contributed by atoms with van der Waals surface area (Å²) >= 11 is 6.02. The molecular formula is C14H16ClF2NO. The molecule has 1 aromatic carbocycles. The lowest BCUT2D eigenvalue weighted by Gasteiger charge is -2.23. The topological polar surface area (TPSA) is 20.3 Å². The molecule has 1 heterocycles. The first-order valence-corrected chi connectivity index (χ1v) is 6.91. The number of benzene rings is 1. The van der Waals surface area contributed by atoms with Gasteiger partial charge in [-0.05, 0) is 18.9 Å². The van der Waals surface area contributed by atoms with Crippen LogP contribution in [0.2, 0.25) is 0 Å². The third-order valence-electron chi connectivity index (χ3n) is 3.39. The normalized spacial score (nSPS) is 17.9. The van der Waals surface area contributed by atoms with E-state index in [0.717, 1.165) is 31.7 Å². The predicted octanol–water partition coefficient (Wildman–Crippen LogP) is 3.65. The van der Waals surface area contributed by atoms with E-state index in [2.05, 4.69) is 0 Å². The van der Waals surface area contributed by atoms with Gasteiger partial charge in [-0.2, -0.15) is 0 Å². The van der Waals surface area contributed by atoms with Gasteiger partial charge in [0.1, 0.15) is 5.38 Å². The molecular weight excluding hydrogens is 272 g/mol. The molecule has 0 bridgehead atoms. The zero-order chi connectivity index (χ0) is 13.8. The number of hydrogen-bond donors (Lipinski definition) is 0. The summed E-state index contributed by atoms with van der Waals surface area (Å²) in [6.07, 6.45) is 4.04. The lowest BCUT2D eigenvalue weighted by Crippen LogP contribution is -2.34. The van der Waals surface area contributed by atoms with Gasteiger partial charge in [0.05, 0.1) is 0 Å². The second kappa shape index (κ2) is 6.33. The first kappa shape index (κ1) is 14.3. The Morgan fingerprint density at radius 1 is 1.16 bits per heavy atom. The van der Waals surface area contributed by atoms with Gasteiger partial charge in [-0.25, -0.2) is 8.78 Å². The first-order chi connectivity index (χ1) is 9.11. The van der Waals surface area contributed by atoms with E-state index in [1.165, 1.54) is 12.1 Å². The maximum atomic E-state index is 13.6. The maximum Gasteiger partial charge on any atom is 0.245 e. The fraction of sp³-hybridized carbons (Fsp3) is 0.500. The van der Waals surface area contributed by atoms with Gasteiger partial charge >= 0.3 is 0 Å². The van der Waals surface area contributed by atoms with Crippen molar-refractivity contribution in [1.82, 2.24) is 4.90 Å². The molecule has 2 nitrogen and oxygen atoms in total. The van der Waals surface area contributed by atoms with Crippen LogP contribution in [0.15, 0.2) is 18.2 Å². The first-order valence-electron chi connectivity index (χ1n) is 6.48. The second-order valence-corrected chi connectivity index (χ2v) is 5.18. The molecule has 0 radical (unpaired) electrons. The second-order valence-electron chi connectivity index (χ2n) is 4.75. The maximum absolute atomic E-state index is 13.6. The highest BCUT2D eigenvalue weighted by atomic mass is 35.5. The Balaban J connectivity index is 2.15. The van der Waals surface area contributed by atoms with Crippen LogP contribution in [-0.2, 0) is 4.79 Å². The number of rotatable bonds is 2. The van der Waals surface area contributed by atoms with Gasteiger partial charge in [-0.1, -0.05) is 25.0 Å². The summed E-state index contributed by atoms with van der Waals surface area (Å²) in [6.45, 7) is 1.28. The molecule has 1 fully saturated rings. The summed E-state index contributed by atoms with van der Waals surface area (Å²) in [4.78, 5) is 13.9. The van der Waals surface area contributed by atoms with Crippen LogP contribution < -0.4 is 0 Å². The van der Waals surface area contributed by atoms with Gasteiger partial charge in [0.15, 0.2) is 11.6 Å². The van der Waals surface area contributed by atoms with Crippen molar-refractivity contribution in [2.75, 3.05) is 13.1 Å². The summed E-state index contributed by atoms with van der Waals surface area (Å²) in [7, 11) is 0. The number of halogens is 3. The van der Waals surface area contributed by atoms with Gasteiger partial charge in [-0.3, -0.25) is 4.79 Å². The van der Waals surface area contributed by atoms with Crippen molar-refractivity contribution < 1.29 is 13.6 Å². The third-order valence-corrected chi connectivity index (χ3v) is 3.81. The number of nitrogens with zero attached hydrogens (tertiary/aromatic N) is 1. The van der Waals surface area contributed by atoms with Crippen LogP contribution in [0.5, 0.6) is 0 Å². The SMILES string of the molecule is O=C(C(Cl)c1cccc(F)c1F)N1CCCCCC1. The van der Waals surface area contributed by atoms with Crippen molar-refractivity contribution in [2.24, 2.45) is 0 Å². The smallest absolute Gasteiger partial charge is 0.245 e. The minimum atomic E-state index is -1.16. The monoisotopic (exact) mass is 287 g/mol. The van der Waals surface area contributed by atoms with Crippen LogP contribution in [0.4, 0.5) is 8.78 Å². The molecule has 0 saturated carbocycles. The quantitative estimate of drug-likeness (QED) is 0.761. The van der Waals surface area contributed by atoms with Crippen molar-refractivity contribution in [3.05, 3.63) is 35.4 Å². The van der Waals surface area contributed by atoms with Crippen molar-refractivity contribution >= 4 is 17.5 Å². The molecule has 104 valence electrons. The number of alkyl halides is 1. The molecule has 0 aromatic heterocycles. The van der Waals surface area contributed by atoms with Gasteiger partial charge in [-0.15, -0.1) is 11.6 Å². The summed E-state index contributed by atoms with van der Waals surface area (Å²) < 4.78 is 26.8. The van der Waals surface area contributed by atoms with E-state index in [1.54, 1.807) is 4.90 Å². The lowest BCUT2D eigenvalue weighted by atomic mass is 10.1. The highest BCUT2D eigenvalue weighted by Crippen LogP contribution is 2.27. The highest BCUT2D eigenvalue weighted by molar-refractivity contribution is 6.30. The summed E-state index contributed by atoms with van der Waals surface area (Å²) in [5, 5.41) is -1.16. The zero-order valence-corrected chi connectivity index (χ0v) is 11.3. The Morgan fingerprint density at radius 3 is 2.42 bits per heavy atom. The van der Waals surface area contributed by atoms with Gasteiger partial charge in [0.2, 0.25) is 5.91 Å². The standard InChI is InChI=1S/C14H16ClF2NO/c15-12(10-6-5-7-11(16)13(10)17)14(19)18-8-3-1-2-4-9-18/h5-7,12H,1-4,8-9H2. The number of amides is 1. The minimum absolute atomic E-state index is 0.0871. The summed E-state index contributed by atoms with van der Waals surface area (Å²) in [6, 6.07) is 3.73. The molecule has 0 N–H and O–H groups in total. The number of likely N-dealkylation sites (tertiary alicyclic amines) is 1. The van der Waals surface area contributed by atoms with E-state index in [9.17, 15) is 13.6 Å². The van der Waals surface area contributed by atoms with E-state index in [0.29, 0.717) is 13.1 Å². The molecule has 19 heavy (non-hydrogen) atoms. The summed E-state index contributed by atoms with van der Waals surface area (Å²) in [5.41, 5.74) is -0.0871. The Labute approximate surface area is 116 Å². The lowest BCUT2D eigenvalue weighted by molar-refractivity contribution is -0.130. The van der Waals surface area contributed by atoms with Crippen LogP contribution in [0.1, 0.15) is 36.6 Å². The zero-order valence-electron chi connectivity index (χ0n) is 10.5. The number of carbonyl (C=O) groups excluding carboxylic acids is 1. The fourth-order valence-corrected chi connectivity index (χ4v) is 2.61. The Kier molecular flexibility index (Phi) is 4.75. The fourth-order valence-electron chi connectivity index (χ4n) is 2.30. The number of hydrogen-bond acceptors (Lipinski definition) is 1. The van der Waals surface area contributed by atoms with Crippen LogP contribution >= 0.6 is 11.6 Å². The minimum Gasteiger partial charge on any atom is -0.341 e. The Bertz CT molecular complexity index is 459. The predicted molar refractivity (Wildman–Crippen MR) is 70.0 cm³/mol. The van der Waals surface area contributed by atoms with Crippen molar-refractivity contribution in [3.63, 3.8) is 0 Å². The molecule has 0 aliphatic carbocycles. The molecule has 1 unspecified atom stereocenters. The van der Waals surface area contributed by atoms with Crippen molar-refractivity contribution in [1.29, 1.82) is 0 Å². The van der Waals surface area contributed by atoms with Crippen LogP contribution in [0, 0.1) is 11.6 Å². The molecule has 0 spiro atoms. The van der Waals surface area contributed by atoms with Gasteiger partial charge in [0.25, 0.3) is 0 Å². The van der Waals surface area contributed by atoms with Crippen molar-refractivity contribution in [2.45, 2.75) is 31.1 Å². The van der Waals surface area contributed by atoms with E-state index in [1.807, 2.05) is 0 Å². The van der Waals surface area contributed by atoms with E-state index >= 15 is 0 Å². The number of carbonyl (C=O) groups is 1. The molecule has 1 aromatic rings. The molecule has 1 atom stereocenters. The van der Waals surface area contributed by atoms with Crippen molar-refractivity contribution in [3.8, 4) is 0 Å². The summed E-state index contributed by atoms with van der Waals surface area (Å²) in [5.74, 6) is -2.36. The Morgan fingerprint density at radius 2 is 1.79 bits per heavy atom. The Hall–Kier alpha value is -1.16. The largest absolute Gasteiger partial charge is 0.341 e. The molecule has 5 heteroatoms. The average Bonchev–Trinajstić information content (AvgIpc) is 2.69. The average molecular weight is 288 g/mol.